The van der Waals surface area contributed by atoms with Crippen LogP contribution in [-0.4, -0.2) is 12.9 Å². The Morgan fingerprint density at radius 3 is 2.35 bits per heavy atom. The number of fused-ring (bicyclic) bond motifs is 3. The quantitative estimate of drug-likeness (QED) is 0.785. The minimum absolute atomic E-state index is 0.128. The molecule has 1 aliphatic rings. The number of hydrogen-bond acceptors (Lipinski definition) is 2. The van der Waals surface area contributed by atoms with Gasteiger partial charge < -0.3 is 4.74 Å². The van der Waals surface area contributed by atoms with Crippen molar-refractivity contribution in [1.82, 2.24) is 0 Å². The second-order valence-corrected chi connectivity index (χ2v) is 5.41. The smallest absolute Gasteiger partial charge is 0.170 e. The fourth-order valence-corrected chi connectivity index (χ4v) is 3.20. The number of rotatable bonds is 1. The van der Waals surface area contributed by atoms with Gasteiger partial charge in [-0.3, -0.25) is 4.79 Å². The topological polar surface area (TPSA) is 26.3 Å². The van der Waals surface area contributed by atoms with E-state index in [1.807, 2.05) is 18.2 Å². The SMILES string of the molecule is COC1C(=O)Cc2cccc(C)c2-c2c(C)cccc21. The summed E-state index contributed by atoms with van der Waals surface area (Å²) in [6.07, 6.45) is -0.0272. The van der Waals surface area contributed by atoms with Crippen molar-refractivity contribution in [2.75, 3.05) is 7.11 Å². The number of carbonyl (C=O) groups excluding carboxylic acids is 1. The summed E-state index contributed by atoms with van der Waals surface area (Å²) in [5, 5.41) is 0. The van der Waals surface area contributed by atoms with E-state index in [1.54, 1.807) is 7.11 Å². The van der Waals surface area contributed by atoms with E-state index in [1.165, 1.54) is 22.3 Å². The Labute approximate surface area is 119 Å². The van der Waals surface area contributed by atoms with Gasteiger partial charge in [0.1, 0.15) is 6.10 Å². The largest absolute Gasteiger partial charge is 0.369 e. The fraction of sp³-hybridized carbons (Fsp3) is 0.278. The van der Waals surface area contributed by atoms with E-state index in [4.69, 9.17) is 4.74 Å². The number of benzene rings is 2. The molecule has 0 heterocycles. The molecule has 1 aliphatic carbocycles. The number of Topliss-reactive ketones (excluding diaryl/α,β-unsaturated/α-hetero) is 1. The van der Waals surface area contributed by atoms with Gasteiger partial charge in [-0.1, -0.05) is 36.4 Å². The van der Waals surface area contributed by atoms with E-state index < -0.39 is 6.10 Å². The van der Waals surface area contributed by atoms with Crippen molar-refractivity contribution in [1.29, 1.82) is 0 Å². The maximum absolute atomic E-state index is 12.5. The molecule has 0 aliphatic heterocycles. The first-order chi connectivity index (χ1) is 9.63. The molecule has 20 heavy (non-hydrogen) atoms. The summed E-state index contributed by atoms with van der Waals surface area (Å²) in [4.78, 5) is 12.5. The summed E-state index contributed by atoms with van der Waals surface area (Å²) in [6, 6.07) is 12.3. The zero-order valence-corrected chi connectivity index (χ0v) is 12.1. The van der Waals surface area contributed by atoms with Crippen molar-refractivity contribution in [3.05, 3.63) is 58.7 Å². The lowest BCUT2D eigenvalue weighted by Gasteiger charge is -2.18. The molecule has 0 fully saturated rings. The van der Waals surface area contributed by atoms with Gasteiger partial charge in [0.05, 0.1) is 0 Å². The molecule has 2 heteroatoms. The van der Waals surface area contributed by atoms with Gasteiger partial charge in [0.15, 0.2) is 5.78 Å². The van der Waals surface area contributed by atoms with Crippen LogP contribution >= 0.6 is 0 Å². The van der Waals surface area contributed by atoms with E-state index in [0.29, 0.717) is 6.42 Å². The second-order valence-electron chi connectivity index (χ2n) is 5.41. The van der Waals surface area contributed by atoms with E-state index in [2.05, 4.69) is 32.0 Å². The predicted molar refractivity (Wildman–Crippen MR) is 79.8 cm³/mol. The molecule has 0 aromatic heterocycles. The number of carbonyl (C=O) groups is 1. The summed E-state index contributed by atoms with van der Waals surface area (Å²) >= 11 is 0. The molecule has 102 valence electrons. The number of ether oxygens (including phenoxy) is 1. The molecule has 0 spiro atoms. The minimum atomic E-state index is -0.461. The number of hydrogen-bond donors (Lipinski definition) is 0. The van der Waals surface area contributed by atoms with Crippen LogP contribution in [-0.2, 0) is 16.0 Å². The van der Waals surface area contributed by atoms with E-state index in [-0.39, 0.29) is 5.78 Å². The van der Waals surface area contributed by atoms with Crippen molar-refractivity contribution in [3.8, 4) is 11.1 Å². The van der Waals surface area contributed by atoms with Crippen LogP contribution < -0.4 is 0 Å². The van der Waals surface area contributed by atoms with Gasteiger partial charge in [0, 0.05) is 13.5 Å². The Morgan fingerprint density at radius 2 is 1.65 bits per heavy atom. The molecule has 0 saturated heterocycles. The summed E-state index contributed by atoms with van der Waals surface area (Å²) in [5.41, 5.74) is 6.86. The van der Waals surface area contributed by atoms with Gasteiger partial charge in [-0.05, 0) is 47.2 Å². The summed E-state index contributed by atoms with van der Waals surface area (Å²) in [7, 11) is 1.61. The van der Waals surface area contributed by atoms with Crippen molar-refractivity contribution in [3.63, 3.8) is 0 Å². The standard InChI is InChI=1S/C18H18O2/c1-11-6-4-8-13-10-15(19)18(20-3)14-9-5-7-12(2)17(14)16(11)13/h4-9,18H,10H2,1-3H3. The van der Waals surface area contributed by atoms with Crippen LogP contribution in [0.3, 0.4) is 0 Å². The highest BCUT2D eigenvalue weighted by molar-refractivity contribution is 5.94. The van der Waals surface area contributed by atoms with E-state index in [0.717, 1.165) is 11.1 Å². The average Bonchev–Trinajstić information content (AvgIpc) is 2.53. The molecular weight excluding hydrogens is 248 g/mol. The minimum Gasteiger partial charge on any atom is -0.369 e. The van der Waals surface area contributed by atoms with Gasteiger partial charge in [-0.25, -0.2) is 0 Å². The summed E-state index contributed by atoms with van der Waals surface area (Å²) < 4.78 is 5.49. The van der Waals surface area contributed by atoms with Crippen molar-refractivity contribution < 1.29 is 9.53 Å². The van der Waals surface area contributed by atoms with E-state index >= 15 is 0 Å². The zero-order chi connectivity index (χ0) is 14.3. The first kappa shape index (κ1) is 13.1. The highest BCUT2D eigenvalue weighted by Gasteiger charge is 2.29. The van der Waals surface area contributed by atoms with Gasteiger partial charge in [0.25, 0.3) is 0 Å². The molecule has 0 N–H and O–H groups in total. The Hall–Kier alpha value is -1.93. The molecule has 1 atom stereocenters. The van der Waals surface area contributed by atoms with Crippen LogP contribution in [0.5, 0.6) is 0 Å². The predicted octanol–water partition coefficient (Wildman–Crippen LogP) is 3.78. The maximum atomic E-state index is 12.5. The highest BCUT2D eigenvalue weighted by Crippen LogP contribution is 2.40. The number of methoxy groups -OCH3 is 1. The van der Waals surface area contributed by atoms with Gasteiger partial charge in [0.2, 0.25) is 0 Å². The molecule has 2 nitrogen and oxygen atoms in total. The van der Waals surface area contributed by atoms with Crippen LogP contribution in [0.25, 0.3) is 11.1 Å². The van der Waals surface area contributed by atoms with Crippen LogP contribution in [0.2, 0.25) is 0 Å². The third kappa shape index (κ3) is 1.88. The molecule has 0 amide bonds. The number of aryl methyl sites for hydroxylation is 2. The first-order valence-electron chi connectivity index (χ1n) is 6.87. The molecule has 1 unspecified atom stereocenters. The molecule has 0 bridgehead atoms. The Balaban J connectivity index is 2.40. The summed E-state index contributed by atoms with van der Waals surface area (Å²) in [5.74, 6) is 0.128. The third-order valence-corrected chi connectivity index (χ3v) is 4.09. The lowest BCUT2D eigenvalue weighted by molar-refractivity contribution is -0.128. The monoisotopic (exact) mass is 266 g/mol. The van der Waals surface area contributed by atoms with E-state index in [9.17, 15) is 4.79 Å². The van der Waals surface area contributed by atoms with Crippen molar-refractivity contribution in [2.24, 2.45) is 0 Å². The van der Waals surface area contributed by atoms with Gasteiger partial charge in [-0.15, -0.1) is 0 Å². The summed E-state index contributed by atoms with van der Waals surface area (Å²) in [6.45, 7) is 4.20. The normalized spacial score (nSPS) is 17.4. The molecule has 2 aromatic carbocycles. The fourth-order valence-electron chi connectivity index (χ4n) is 3.20. The molecule has 0 radical (unpaired) electrons. The Bertz CT molecular complexity index is 686. The second kappa shape index (κ2) is 4.88. The first-order valence-corrected chi connectivity index (χ1v) is 6.87. The van der Waals surface area contributed by atoms with Crippen LogP contribution in [0.4, 0.5) is 0 Å². The highest BCUT2D eigenvalue weighted by atomic mass is 16.5. The Kier molecular flexibility index (Phi) is 3.19. The Morgan fingerprint density at radius 1 is 1.00 bits per heavy atom. The zero-order valence-electron chi connectivity index (χ0n) is 12.1. The number of ketones is 1. The molecule has 2 aromatic rings. The van der Waals surface area contributed by atoms with Gasteiger partial charge in [-0.2, -0.15) is 0 Å². The lowest BCUT2D eigenvalue weighted by atomic mass is 9.89. The molecule has 0 saturated carbocycles. The maximum Gasteiger partial charge on any atom is 0.170 e. The lowest BCUT2D eigenvalue weighted by Crippen LogP contribution is -2.15. The van der Waals surface area contributed by atoms with Crippen molar-refractivity contribution in [2.45, 2.75) is 26.4 Å². The molecular formula is C18H18O2. The van der Waals surface area contributed by atoms with Crippen LogP contribution in [0, 0.1) is 13.8 Å². The van der Waals surface area contributed by atoms with Crippen molar-refractivity contribution >= 4 is 5.78 Å². The van der Waals surface area contributed by atoms with Crippen LogP contribution in [0.1, 0.15) is 28.4 Å². The molecule has 3 rings (SSSR count). The third-order valence-electron chi connectivity index (χ3n) is 4.09. The van der Waals surface area contributed by atoms with Crippen LogP contribution in [0.15, 0.2) is 36.4 Å². The average molecular weight is 266 g/mol. The van der Waals surface area contributed by atoms with Gasteiger partial charge >= 0.3 is 0 Å².